The van der Waals surface area contributed by atoms with E-state index in [0.717, 1.165) is 31.6 Å². The van der Waals surface area contributed by atoms with Crippen LogP contribution < -0.4 is 4.90 Å². The van der Waals surface area contributed by atoms with Crippen LogP contribution in [0.25, 0.3) is 0 Å². The molecule has 0 aromatic heterocycles. The number of sulfonamides is 1. The lowest BCUT2D eigenvalue weighted by Crippen LogP contribution is -2.49. The lowest BCUT2D eigenvalue weighted by molar-refractivity contribution is 0.214. The zero-order chi connectivity index (χ0) is 15.3. The van der Waals surface area contributed by atoms with Crippen LogP contribution in [0.5, 0.6) is 0 Å². The molecule has 0 amide bonds. The van der Waals surface area contributed by atoms with Crippen molar-refractivity contribution in [1.82, 2.24) is 4.31 Å². The predicted molar refractivity (Wildman–Crippen MR) is 85.1 cm³/mol. The van der Waals surface area contributed by atoms with Gasteiger partial charge in [0.2, 0.25) is 10.0 Å². The molecule has 1 atom stereocenters. The number of hydrogen-bond acceptors (Lipinski definition) is 4. The first-order valence-electron chi connectivity index (χ1n) is 7.29. The first-order chi connectivity index (χ1) is 10.0. The quantitative estimate of drug-likeness (QED) is 0.800. The van der Waals surface area contributed by atoms with Crippen molar-refractivity contribution in [3.63, 3.8) is 0 Å². The maximum absolute atomic E-state index is 12.3. The molecular formula is C15H24N2O3S. The van der Waals surface area contributed by atoms with Gasteiger partial charge in [0.15, 0.2) is 0 Å². The molecule has 2 rings (SSSR count). The van der Waals surface area contributed by atoms with E-state index in [9.17, 15) is 8.42 Å². The molecule has 0 aliphatic carbocycles. The number of likely N-dealkylation sites (N-methyl/N-ethyl adjacent to an activating group) is 1. The van der Waals surface area contributed by atoms with E-state index in [2.05, 4.69) is 17.0 Å². The zero-order valence-electron chi connectivity index (χ0n) is 12.7. The third-order valence-electron chi connectivity index (χ3n) is 4.02. The van der Waals surface area contributed by atoms with Crippen molar-refractivity contribution in [2.75, 3.05) is 44.5 Å². The van der Waals surface area contributed by atoms with Gasteiger partial charge in [-0.05, 0) is 25.0 Å². The molecule has 0 saturated carbocycles. The summed E-state index contributed by atoms with van der Waals surface area (Å²) in [6, 6.07) is 10.2. The van der Waals surface area contributed by atoms with E-state index in [1.165, 1.54) is 11.4 Å². The summed E-state index contributed by atoms with van der Waals surface area (Å²) in [5.41, 5.74) is 1.16. The first-order valence-corrected chi connectivity index (χ1v) is 8.90. The van der Waals surface area contributed by atoms with Crippen LogP contribution in [0.15, 0.2) is 30.3 Å². The summed E-state index contributed by atoms with van der Waals surface area (Å²) >= 11 is 0. The van der Waals surface area contributed by atoms with E-state index >= 15 is 0 Å². The number of benzene rings is 1. The number of hydrogen-bond donors (Lipinski definition) is 0. The number of para-hydroxylation sites is 1. The molecular weight excluding hydrogens is 288 g/mol. The standard InChI is InChI=1S/C15H24N2O3S/c1-16(21(18,19)12-11-20-2)15-9-6-10-17(13-15)14-7-4-3-5-8-14/h3-5,7-8,15H,6,9-13H2,1-2H3. The molecule has 0 bridgehead atoms. The van der Waals surface area contributed by atoms with Gasteiger partial charge in [0.25, 0.3) is 0 Å². The minimum Gasteiger partial charge on any atom is -0.384 e. The average molecular weight is 312 g/mol. The van der Waals surface area contributed by atoms with Crippen LogP contribution in [-0.2, 0) is 14.8 Å². The monoisotopic (exact) mass is 312 g/mol. The molecule has 0 radical (unpaired) electrons. The molecule has 1 heterocycles. The summed E-state index contributed by atoms with van der Waals surface area (Å²) in [4.78, 5) is 2.26. The van der Waals surface area contributed by atoms with Crippen LogP contribution in [0.2, 0.25) is 0 Å². The molecule has 0 spiro atoms. The Morgan fingerprint density at radius 1 is 1.33 bits per heavy atom. The van der Waals surface area contributed by atoms with Gasteiger partial charge in [-0.25, -0.2) is 12.7 Å². The number of methoxy groups -OCH3 is 1. The van der Waals surface area contributed by atoms with Crippen LogP contribution >= 0.6 is 0 Å². The molecule has 1 aliphatic heterocycles. The predicted octanol–water partition coefficient (Wildman–Crippen LogP) is 1.56. The Kier molecular flexibility index (Phi) is 5.61. The van der Waals surface area contributed by atoms with Gasteiger partial charge in [0.05, 0.1) is 12.4 Å². The lowest BCUT2D eigenvalue weighted by atomic mass is 10.1. The highest BCUT2D eigenvalue weighted by Gasteiger charge is 2.30. The number of anilines is 1. The molecule has 6 heteroatoms. The number of nitrogens with zero attached hydrogens (tertiary/aromatic N) is 2. The second-order valence-corrected chi connectivity index (χ2v) is 7.55. The van der Waals surface area contributed by atoms with E-state index in [0.29, 0.717) is 0 Å². The minimum atomic E-state index is -3.25. The molecule has 1 unspecified atom stereocenters. The second-order valence-electron chi connectivity index (χ2n) is 5.40. The van der Waals surface area contributed by atoms with Crippen molar-refractivity contribution in [2.45, 2.75) is 18.9 Å². The van der Waals surface area contributed by atoms with Crippen molar-refractivity contribution < 1.29 is 13.2 Å². The van der Waals surface area contributed by atoms with Crippen molar-refractivity contribution in [2.24, 2.45) is 0 Å². The third kappa shape index (κ3) is 4.18. The Morgan fingerprint density at radius 3 is 2.71 bits per heavy atom. The van der Waals surface area contributed by atoms with E-state index < -0.39 is 10.0 Å². The normalized spacial score (nSPS) is 20.0. The molecule has 0 N–H and O–H groups in total. The van der Waals surface area contributed by atoms with Gasteiger partial charge in [-0.1, -0.05) is 18.2 Å². The highest BCUT2D eigenvalue weighted by Crippen LogP contribution is 2.23. The Hall–Kier alpha value is -1.11. The number of rotatable bonds is 6. The van der Waals surface area contributed by atoms with Crippen LogP contribution in [0.3, 0.4) is 0 Å². The van der Waals surface area contributed by atoms with Crippen LogP contribution in [0.1, 0.15) is 12.8 Å². The van der Waals surface area contributed by atoms with Crippen molar-refractivity contribution >= 4 is 15.7 Å². The largest absolute Gasteiger partial charge is 0.384 e. The Balaban J connectivity index is 2.04. The van der Waals surface area contributed by atoms with Gasteiger partial charge < -0.3 is 9.64 Å². The van der Waals surface area contributed by atoms with E-state index in [1.807, 2.05) is 18.2 Å². The van der Waals surface area contributed by atoms with E-state index in [1.54, 1.807) is 7.05 Å². The summed E-state index contributed by atoms with van der Waals surface area (Å²) in [7, 11) is -0.0402. The molecule has 1 saturated heterocycles. The van der Waals surface area contributed by atoms with Gasteiger partial charge in [-0.15, -0.1) is 0 Å². The highest BCUT2D eigenvalue weighted by atomic mass is 32.2. The van der Waals surface area contributed by atoms with Crippen molar-refractivity contribution in [3.05, 3.63) is 30.3 Å². The fourth-order valence-corrected chi connectivity index (χ4v) is 3.98. The van der Waals surface area contributed by atoms with Gasteiger partial charge >= 0.3 is 0 Å². The van der Waals surface area contributed by atoms with Gasteiger partial charge in [-0.2, -0.15) is 0 Å². The van der Waals surface area contributed by atoms with E-state index in [-0.39, 0.29) is 18.4 Å². The van der Waals surface area contributed by atoms with Gasteiger partial charge in [0, 0.05) is 39.0 Å². The first kappa shape index (κ1) is 16.3. The smallest absolute Gasteiger partial charge is 0.216 e. The Morgan fingerprint density at radius 2 is 2.05 bits per heavy atom. The van der Waals surface area contributed by atoms with E-state index in [4.69, 9.17) is 4.74 Å². The Labute approximate surface area is 127 Å². The molecule has 21 heavy (non-hydrogen) atoms. The minimum absolute atomic E-state index is 0.0285. The zero-order valence-corrected chi connectivity index (χ0v) is 13.6. The third-order valence-corrected chi connectivity index (χ3v) is 5.87. The Bertz CT molecular complexity index is 533. The topological polar surface area (TPSA) is 49.9 Å². The SMILES string of the molecule is COCCS(=O)(=O)N(C)C1CCCN(c2ccccc2)C1. The maximum Gasteiger partial charge on any atom is 0.216 e. The molecule has 1 aliphatic rings. The molecule has 5 nitrogen and oxygen atoms in total. The summed E-state index contributed by atoms with van der Waals surface area (Å²) in [6.07, 6.45) is 1.91. The van der Waals surface area contributed by atoms with Crippen LogP contribution in [0.4, 0.5) is 5.69 Å². The van der Waals surface area contributed by atoms with Gasteiger partial charge in [0.1, 0.15) is 0 Å². The molecule has 1 aromatic rings. The molecule has 118 valence electrons. The summed E-state index contributed by atoms with van der Waals surface area (Å²) in [5, 5.41) is 0. The number of piperidine rings is 1. The lowest BCUT2D eigenvalue weighted by Gasteiger charge is -2.38. The van der Waals surface area contributed by atoms with Crippen LogP contribution in [0, 0.1) is 0 Å². The maximum atomic E-state index is 12.3. The molecule has 1 aromatic carbocycles. The average Bonchev–Trinajstić information content (AvgIpc) is 2.53. The second kappa shape index (κ2) is 7.24. The van der Waals surface area contributed by atoms with Crippen molar-refractivity contribution in [3.8, 4) is 0 Å². The fraction of sp³-hybridized carbons (Fsp3) is 0.600. The van der Waals surface area contributed by atoms with Crippen molar-refractivity contribution in [1.29, 1.82) is 0 Å². The highest BCUT2D eigenvalue weighted by molar-refractivity contribution is 7.89. The summed E-state index contributed by atoms with van der Waals surface area (Å²) in [6.45, 7) is 1.96. The number of ether oxygens (including phenoxy) is 1. The van der Waals surface area contributed by atoms with Gasteiger partial charge in [-0.3, -0.25) is 0 Å². The fourth-order valence-electron chi connectivity index (χ4n) is 2.68. The van der Waals surface area contributed by atoms with Crippen LogP contribution in [-0.4, -0.2) is 58.4 Å². The summed E-state index contributed by atoms with van der Waals surface area (Å²) < 4.78 is 30.9. The summed E-state index contributed by atoms with van der Waals surface area (Å²) in [5.74, 6) is 0.0435. The molecule has 1 fully saturated rings.